The van der Waals surface area contributed by atoms with Gasteiger partial charge in [0, 0.05) is 3.92 Å². The van der Waals surface area contributed by atoms with Gasteiger partial charge in [-0.2, -0.15) is 0 Å². The van der Waals surface area contributed by atoms with Crippen LogP contribution in [0, 0.1) is 11.8 Å². The van der Waals surface area contributed by atoms with E-state index in [-0.39, 0.29) is 0 Å². The summed E-state index contributed by atoms with van der Waals surface area (Å²) in [6.45, 7) is 3.61. The molecular formula is C11H22IN. The topological polar surface area (TPSA) is 12.0 Å². The van der Waals surface area contributed by atoms with Crippen molar-refractivity contribution >= 4 is 22.6 Å². The Labute approximate surface area is 96.2 Å². The van der Waals surface area contributed by atoms with Crippen molar-refractivity contribution in [2.45, 2.75) is 43.0 Å². The Morgan fingerprint density at radius 2 is 2.08 bits per heavy atom. The van der Waals surface area contributed by atoms with Gasteiger partial charge in [0.2, 0.25) is 0 Å². The highest BCUT2D eigenvalue weighted by Gasteiger charge is 2.26. The lowest BCUT2D eigenvalue weighted by molar-refractivity contribution is 0.268. The summed E-state index contributed by atoms with van der Waals surface area (Å²) in [6.07, 6.45) is 7.20. The van der Waals surface area contributed by atoms with Crippen LogP contribution in [0.1, 0.15) is 39.0 Å². The van der Waals surface area contributed by atoms with Crippen molar-refractivity contribution in [2.24, 2.45) is 11.8 Å². The molecule has 13 heavy (non-hydrogen) atoms. The zero-order chi connectivity index (χ0) is 9.68. The third kappa shape index (κ3) is 3.74. The molecule has 1 saturated carbocycles. The van der Waals surface area contributed by atoms with E-state index < -0.39 is 0 Å². The Hall–Kier alpha value is 0.690. The fourth-order valence-corrected chi connectivity index (χ4v) is 3.85. The highest BCUT2D eigenvalue weighted by atomic mass is 127. The molecule has 3 atom stereocenters. The summed E-state index contributed by atoms with van der Waals surface area (Å²) in [7, 11) is 2.05. The van der Waals surface area contributed by atoms with E-state index >= 15 is 0 Å². The average Bonchev–Trinajstić information content (AvgIpc) is 2.15. The molecule has 1 rings (SSSR count). The molecule has 2 unspecified atom stereocenters. The first-order valence-electron chi connectivity index (χ1n) is 5.54. The normalized spacial score (nSPS) is 31.6. The van der Waals surface area contributed by atoms with Crippen molar-refractivity contribution in [1.82, 2.24) is 5.32 Å². The lowest BCUT2D eigenvalue weighted by Crippen LogP contribution is -2.27. The zero-order valence-corrected chi connectivity index (χ0v) is 11.0. The summed E-state index contributed by atoms with van der Waals surface area (Å²) in [4.78, 5) is 0. The third-order valence-corrected chi connectivity index (χ3v) is 4.86. The Morgan fingerprint density at radius 1 is 1.38 bits per heavy atom. The first-order chi connectivity index (χ1) is 6.25. The minimum atomic E-state index is 0.912. The van der Waals surface area contributed by atoms with Crippen LogP contribution in [0.2, 0.25) is 0 Å². The van der Waals surface area contributed by atoms with Gasteiger partial charge >= 0.3 is 0 Å². The van der Waals surface area contributed by atoms with E-state index in [2.05, 4.69) is 41.9 Å². The number of alkyl halides is 1. The Kier molecular flexibility index (Phi) is 5.63. The highest BCUT2D eigenvalue weighted by molar-refractivity contribution is 14.1. The van der Waals surface area contributed by atoms with Gasteiger partial charge in [-0.05, 0) is 44.7 Å². The summed E-state index contributed by atoms with van der Waals surface area (Å²) in [6, 6.07) is 0. The maximum atomic E-state index is 3.25. The molecule has 0 bridgehead atoms. The number of nitrogens with one attached hydrogen (secondary N) is 1. The molecular weight excluding hydrogens is 273 g/mol. The summed E-state index contributed by atoms with van der Waals surface area (Å²) < 4.78 is 0.943. The molecule has 0 amide bonds. The molecule has 1 aliphatic carbocycles. The monoisotopic (exact) mass is 295 g/mol. The highest BCUT2D eigenvalue weighted by Crippen LogP contribution is 2.36. The molecule has 1 nitrogen and oxygen atoms in total. The maximum Gasteiger partial charge on any atom is 0.0140 e. The summed E-state index contributed by atoms with van der Waals surface area (Å²) >= 11 is 2.67. The van der Waals surface area contributed by atoms with E-state index in [0.717, 1.165) is 15.8 Å². The predicted molar refractivity (Wildman–Crippen MR) is 67.5 cm³/mol. The fourth-order valence-electron chi connectivity index (χ4n) is 2.34. The van der Waals surface area contributed by atoms with Crippen molar-refractivity contribution in [3.63, 3.8) is 0 Å². The van der Waals surface area contributed by atoms with E-state index in [1.165, 1.54) is 38.6 Å². The van der Waals surface area contributed by atoms with Gasteiger partial charge in [0.1, 0.15) is 0 Å². The van der Waals surface area contributed by atoms with Crippen LogP contribution < -0.4 is 5.32 Å². The van der Waals surface area contributed by atoms with Gasteiger partial charge in [-0.3, -0.25) is 0 Å². The molecule has 0 aliphatic heterocycles. The fraction of sp³-hybridized carbons (Fsp3) is 1.00. The number of halogens is 1. The second kappa shape index (κ2) is 6.23. The molecule has 0 radical (unpaired) electrons. The number of hydrogen-bond acceptors (Lipinski definition) is 1. The number of rotatable bonds is 4. The summed E-state index contributed by atoms with van der Waals surface area (Å²) in [5, 5.41) is 3.25. The van der Waals surface area contributed by atoms with Crippen molar-refractivity contribution in [3.05, 3.63) is 0 Å². The standard InChI is InChI=1S/C11H22IN/c1-9(7-8-13-2)10-5-3-4-6-11(10)12/h9-11,13H,3-8H2,1-2H3/t9?,10-,11?/m1/s1. The van der Waals surface area contributed by atoms with Crippen LogP contribution in [0.15, 0.2) is 0 Å². The van der Waals surface area contributed by atoms with Crippen LogP contribution in [-0.4, -0.2) is 17.5 Å². The molecule has 2 heteroatoms. The largest absolute Gasteiger partial charge is 0.320 e. The minimum absolute atomic E-state index is 0.912. The molecule has 0 heterocycles. The molecule has 1 N–H and O–H groups in total. The van der Waals surface area contributed by atoms with Crippen molar-refractivity contribution in [2.75, 3.05) is 13.6 Å². The lowest BCUT2D eigenvalue weighted by atomic mass is 9.79. The van der Waals surface area contributed by atoms with Crippen molar-refractivity contribution in [1.29, 1.82) is 0 Å². The van der Waals surface area contributed by atoms with Gasteiger partial charge in [-0.25, -0.2) is 0 Å². The smallest absolute Gasteiger partial charge is 0.0140 e. The number of hydrogen-bond donors (Lipinski definition) is 1. The summed E-state index contributed by atoms with van der Waals surface area (Å²) in [5.41, 5.74) is 0. The molecule has 78 valence electrons. The van der Waals surface area contributed by atoms with E-state index in [0.29, 0.717) is 0 Å². The van der Waals surface area contributed by atoms with Crippen molar-refractivity contribution < 1.29 is 0 Å². The van der Waals surface area contributed by atoms with E-state index in [1.54, 1.807) is 0 Å². The van der Waals surface area contributed by atoms with Crippen molar-refractivity contribution in [3.8, 4) is 0 Å². The van der Waals surface area contributed by atoms with Crippen LogP contribution >= 0.6 is 22.6 Å². The zero-order valence-electron chi connectivity index (χ0n) is 8.85. The van der Waals surface area contributed by atoms with Gasteiger partial charge < -0.3 is 5.32 Å². The SMILES string of the molecule is CNCCC(C)[C@H]1CCCCC1I. The van der Waals surface area contributed by atoms with Gasteiger partial charge in [-0.15, -0.1) is 0 Å². The second-order valence-electron chi connectivity index (χ2n) is 4.33. The van der Waals surface area contributed by atoms with Gasteiger partial charge in [0.05, 0.1) is 0 Å². The molecule has 1 aliphatic rings. The molecule has 0 aromatic rings. The van der Waals surface area contributed by atoms with E-state index in [1.807, 2.05) is 0 Å². The van der Waals surface area contributed by atoms with Crippen LogP contribution in [0.4, 0.5) is 0 Å². The van der Waals surface area contributed by atoms with Gasteiger partial charge in [0.15, 0.2) is 0 Å². The van der Waals surface area contributed by atoms with Gasteiger partial charge in [-0.1, -0.05) is 42.4 Å². The van der Waals surface area contributed by atoms with Gasteiger partial charge in [0.25, 0.3) is 0 Å². The minimum Gasteiger partial charge on any atom is -0.320 e. The maximum absolute atomic E-state index is 3.25. The van der Waals surface area contributed by atoms with Crippen LogP contribution in [0.5, 0.6) is 0 Å². The first-order valence-corrected chi connectivity index (χ1v) is 6.79. The third-order valence-electron chi connectivity index (χ3n) is 3.31. The van der Waals surface area contributed by atoms with Crippen LogP contribution in [0.25, 0.3) is 0 Å². The first kappa shape index (κ1) is 11.8. The molecule has 0 saturated heterocycles. The van der Waals surface area contributed by atoms with E-state index in [4.69, 9.17) is 0 Å². The quantitative estimate of drug-likeness (QED) is 0.620. The Balaban J connectivity index is 2.30. The van der Waals surface area contributed by atoms with Crippen LogP contribution in [-0.2, 0) is 0 Å². The predicted octanol–water partition coefficient (Wildman–Crippen LogP) is 3.23. The average molecular weight is 295 g/mol. The molecule has 0 spiro atoms. The second-order valence-corrected chi connectivity index (χ2v) is 5.93. The lowest BCUT2D eigenvalue weighted by Gasteiger charge is -2.32. The van der Waals surface area contributed by atoms with E-state index in [9.17, 15) is 0 Å². The van der Waals surface area contributed by atoms with Crippen LogP contribution in [0.3, 0.4) is 0 Å². The Bertz CT molecular complexity index is 138. The molecule has 0 aromatic carbocycles. The Morgan fingerprint density at radius 3 is 2.69 bits per heavy atom. The molecule has 0 aromatic heterocycles. The summed E-state index contributed by atoms with van der Waals surface area (Å²) in [5.74, 6) is 1.90. The molecule has 1 fully saturated rings.